The van der Waals surface area contributed by atoms with Crippen molar-refractivity contribution in [2.24, 2.45) is 11.8 Å². The van der Waals surface area contributed by atoms with E-state index in [1.54, 1.807) is 0 Å². The van der Waals surface area contributed by atoms with Gasteiger partial charge in [-0.2, -0.15) is 0 Å². The lowest BCUT2D eigenvalue weighted by Crippen LogP contribution is -2.33. The predicted molar refractivity (Wildman–Crippen MR) is 153 cm³/mol. The van der Waals surface area contributed by atoms with Gasteiger partial charge in [0.15, 0.2) is 5.78 Å². The van der Waals surface area contributed by atoms with Gasteiger partial charge in [-0.1, -0.05) is 71.9 Å². The highest BCUT2D eigenvalue weighted by atomic mass is 79.9. The lowest BCUT2D eigenvalue weighted by Gasteiger charge is -2.28. The van der Waals surface area contributed by atoms with Crippen molar-refractivity contribution >= 4 is 28.6 Å². The minimum atomic E-state index is -0.301. The zero-order valence-electron chi connectivity index (χ0n) is 22.9. The molecule has 0 bridgehead atoms. The molecule has 0 spiro atoms. The van der Waals surface area contributed by atoms with Crippen molar-refractivity contribution in [1.82, 2.24) is 4.90 Å². The van der Waals surface area contributed by atoms with Gasteiger partial charge >= 0.3 is 0 Å². The number of nitrogens with one attached hydrogen (secondary N) is 1. The number of carbonyl (C=O) groups excluding carboxylic acids is 1. The molecule has 2 aromatic rings. The Labute approximate surface area is 227 Å². The third kappa shape index (κ3) is 6.98. The second kappa shape index (κ2) is 11.9. The number of rotatable bonds is 8. The molecule has 0 saturated carbocycles. The molecule has 198 valence electrons. The van der Waals surface area contributed by atoms with Gasteiger partial charge in [0.2, 0.25) is 0 Å². The monoisotopic (exact) mass is 558 g/mol. The van der Waals surface area contributed by atoms with E-state index in [4.69, 9.17) is 10.1 Å². The van der Waals surface area contributed by atoms with Crippen LogP contribution in [-0.2, 0) is 22.0 Å². The lowest BCUT2D eigenvalue weighted by atomic mass is 9.78. The Morgan fingerprint density at radius 2 is 1.61 bits per heavy atom. The van der Waals surface area contributed by atoms with Crippen molar-refractivity contribution in [1.29, 1.82) is 5.41 Å². The first kappa shape index (κ1) is 30.0. The summed E-state index contributed by atoms with van der Waals surface area (Å²) in [7, 11) is 0. The number of hydrogen-bond donors (Lipinski definition) is 2. The number of likely N-dealkylation sites (tertiary alicyclic amines) is 1. The quantitative estimate of drug-likeness (QED) is 0.360. The molecule has 2 aromatic carbocycles. The van der Waals surface area contributed by atoms with E-state index < -0.39 is 0 Å². The molecule has 5 nitrogen and oxygen atoms in total. The zero-order chi connectivity index (χ0) is 26.0. The van der Waals surface area contributed by atoms with E-state index in [9.17, 15) is 9.90 Å². The summed E-state index contributed by atoms with van der Waals surface area (Å²) in [5, 5.41) is 19.9. The SMILES string of the molecule is Br.CCOCC1CN(CC(=O)c2cc(C(C)(C)C)c(O)c(C(C)(C)C)c2)C(=N)C1Cc1ccccc1. The normalized spacial score (nSPS) is 18.3. The summed E-state index contributed by atoms with van der Waals surface area (Å²) in [6.45, 7) is 16.3. The van der Waals surface area contributed by atoms with Crippen LogP contribution < -0.4 is 0 Å². The third-order valence-electron chi connectivity index (χ3n) is 6.93. The van der Waals surface area contributed by atoms with Crippen molar-refractivity contribution < 1.29 is 14.6 Å². The Morgan fingerprint density at radius 1 is 1.06 bits per heavy atom. The van der Waals surface area contributed by atoms with Crippen LogP contribution in [0.25, 0.3) is 0 Å². The number of phenols is 1. The maximum atomic E-state index is 13.6. The lowest BCUT2D eigenvalue weighted by molar-refractivity contribution is 0.0915. The summed E-state index contributed by atoms with van der Waals surface area (Å²) in [5.41, 5.74) is 2.74. The highest BCUT2D eigenvalue weighted by Crippen LogP contribution is 2.40. The standard InChI is InChI=1S/C30H42N2O3.BrH/c1-8-35-19-22-17-32(28(31)23(22)14-20-12-10-9-11-13-20)18-26(33)21-15-24(29(2,3)4)27(34)25(16-21)30(5,6)7;/h9-13,15-16,22-23,31,34H,8,14,17-19H2,1-7H3;1H. The summed E-state index contributed by atoms with van der Waals surface area (Å²) >= 11 is 0. The molecule has 0 aliphatic carbocycles. The second-order valence-electron chi connectivity index (χ2n) is 11.8. The molecule has 1 aliphatic rings. The number of phenolic OH excluding ortho intramolecular Hbond substituents is 1. The number of benzene rings is 2. The number of Topliss-reactive ketones (excluding diaryl/α,β-unsaturated/α-hetero) is 1. The molecule has 36 heavy (non-hydrogen) atoms. The average molecular weight is 560 g/mol. The van der Waals surface area contributed by atoms with E-state index in [1.165, 1.54) is 5.56 Å². The third-order valence-corrected chi connectivity index (χ3v) is 6.93. The summed E-state index contributed by atoms with van der Waals surface area (Å²) in [6, 6.07) is 13.9. The summed E-state index contributed by atoms with van der Waals surface area (Å²) in [5.74, 6) is 0.951. The molecule has 1 fully saturated rings. The number of carbonyl (C=O) groups is 1. The molecular formula is C30H43BrN2O3. The number of ketones is 1. The fraction of sp³-hybridized carbons (Fsp3) is 0.533. The number of nitrogens with zero attached hydrogens (tertiary/aromatic N) is 1. The van der Waals surface area contributed by atoms with Gasteiger partial charge in [-0.25, -0.2) is 0 Å². The first-order valence-electron chi connectivity index (χ1n) is 12.7. The summed E-state index contributed by atoms with van der Waals surface area (Å²) in [6.07, 6.45) is 0.768. The number of halogens is 1. The molecule has 2 unspecified atom stereocenters. The van der Waals surface area contributed by atoms with Crippen LogP contribution in [0.5, 0.6) is 5.75 Å². The average Bonchev–Trinajstić information content (AvgIpc) is 3.05. The summed E-state index contributed by atoms with van der Waals surface area (Å²) in [4.78, 5) is 15.5. The fourth-order valence-corrected chi connectivity index (χ4v) is 4.89. The van der Waals surface area contributed by atoms with E-state index in [1.807, 2.05) is 83.7 Å². The Kier molecular flexibility index (Phi) is 9.94. The first-order valence-corrected chi connectivity index (χ1v) is 12.7. The molecule has 1 aliphatic heterocycles. The van der Waals surface area contributed by atoms with Gasteiger partial charge in [-0.15, -0.1) is 17.0 Å². The van der Waals surface area contributed by atoms with Gasteiger partial charge in [-0.05, 0) is 41.9 Å². The van der Waals surface area contributed by atoms with Gasteiger partial charge < -0.3 is 14.7 Å². The highest BCUT2D eigenvalue weighted by Gasteiger charge is 2.38. The Balaban J connectivity index is 0.00000456. The zero-order valence-corrected chi connectivity index (χ0v) is 24.6. The van der Waals surface area contributed by atoms with Crippen LogP contribution in [0.3, 0.4) is 0 Å². The van der Waals surface area contributed by atoms with E-state index >= 15 is 0 Å². The van der Waals surface area contributed by atoms with E-state index in [0.29, 0.717) is 31.2 Å². The van der Waals surface area contributed by atoms with Crippen LogP contribution >= 0.6 is 17.0 Å². The van der Waals surface area contributed by atoms with Crippen LogP contribution in [0.15, 0.2) is 42.5 Å². The van der Waals surface area contributed by atoms with E-state index in [2.05, 4.69) is 12.1 Å². The van der Waals surface area contributed by atoms with E-state index in [-0.39, 0.29) is 57.7 Å². The van der Waals surface area contributed by atoms with Crippen molar-refractivity contribution in [3.63, 3.8) is 0 Å². The number of hydrogen-bond acceptors (Lipinski definition) is 4. The molecule has 0 amide bonds. The van der Waals surface area contributed by atoms with Crippen molar-refractivity contribution in [3.05, 3.63) is 64.7 Å². The molecule has 6 heteroatoms. The highest BCUT2D eigenvalue weighted by molar-refractivity contribution is 8.93. The van der Waals surface area contributed by atoms with Crippen molar-refractivity contribution in [3.8, 4) is 5.75 Å². The Bertz CT molecular complexity index is 1020. The molecule has 2 atom stereocenters. The largest absolute Gasteiger partial charge is 0.507 e. The van der Waals surface area contributed by atoms with Crippen LogP contribution in [-0.4, -0.2) is 47.9 Å². The fourth-order valence-electron chi connectivity index (χ4n) is 4.89. The summed E-state index contributed by atoms with van der Waals surface area (Å²) < 4.78 is 5.76. The van der Waals surface area contributed by atoms with Crippen LogP contribution in [0.1, 0.15) is 75.5 Å². The maximum Gasteiger partial charge on any atom is 0.182 e. The van der Waals surface area contributed by atoms with Crippen LogP contribution in [0.4, 0.5) is 0 Å². The van der Waals surface area contributed by atoms with Gasteiger partial charge in [-0.3, -0.25) is 10.2 Å². The Hall–Kier alpha value is -2.18. The minimum Gasteiger partial charge on any atom is -0.507 e. The topological polar surface area (TPSA) is 73.6 Å². The number of aromatic hydroxyl groups is 1. The molecule has 0 aromatic heterocycles. The van der Waals surface area contributed by atoms with Gasteiger partial charge in [0.05, 0.1) is 13.2 Å². The number of amidine groups is 1. The van der Waals surface area contributed by atoms with Gasteiger partial charge in [0, 0.05) is 41.7 Å². The van der Waals surface area contributed by atoms with Gasteiger partial charge in [0.25, 0.3) is 0 Å². The predicted octanol–water partition coefficient (Wildman–Crippen LogP) is 6.55. The second-order valence-corrected chi connectivity index (χ2v) is 11.8. The molecule has 2 N–H and O–H groups in total. The molecule has 1 saturated heterocycles. The molecule has 1 heterocycles. The first-order chi connectivity index (χ1) is 16.3. The maximum absolute atomic E-state index is 13.6. The van der Waals surface area contributed by atoms with Crippen molar-refractivity contribution in [2.45, 2.75) is 65.7 Å². The molecule has 3 rings (SSSR count). The number of ether oxygens (including phenoxy) is 1. The Morgan fingerprint density at radius 3 is 2.11 bits per heavy atom. The minimum absolute atomic E-state index is 0. The van der Waals surface area contributed by atoms with E-state index in [0.717, 1.165) is 17.5 Å². The van der Waals surface area contributed by atoms with Crippen molar-refractivity contribution in [2.75, 3.05) is 26.3 Å². The van der Waals surface area contributed by atoms with Gasteiger partial charge in [0.1, 0.15) is 11.6 Å². The van der Waals surface area contributed by atoms with Crippen LogP contribution in [0.2, 0.25) is 0 Å². The molecule has 0 radical (unpaired) electrons. The van der Waals surface area contributed by atoms with Crippen LogP contribution in [0, 0.1) is 17.2 Å². The smallest absolute Gasteiger partial charge is 0.182 e. The molecular weight excluding hydrogens is 516 g/mol.